The maximum atomic E-state index is 11.8. The van der Waals surface area contributed by atoms with Crippen LogP contribution in [0.15, 0.2) is 18.2 Å². The fraction of sp³-hybridized carbons (Fsp3) is 0.533. The zero-order chi connectivity index (χ0) is 14.8. The van der Waals surface area contributed by atoms with E-state index in [1.165, 1.54) is 0 Å². The molecule has 0 atom stereocenters. The second kappa shape index (κ2) is 11.4. The van der Waals surface area contributed by atoms with Crippen LogP contribution in [0.25, 0.3) is 0 Å². The van der Waals surface area contributed by atoms with Gasteiger partial charge in [-0.3, -0.25) is 4.79 Å². The summed E-state index contributed by atoms with van der Waals surface area (Å²) in [5, 5.41) is 5.86. The van der Waals surface area contributed by atoms with Gasteiger partial charge in [-0.15, -0.1) is 12.4 Å². The van der Waals surface area contributed by atoms with Crippen LogP contribution in [-0.4, -0.2) is 39.3 Å². The van der Waals surface area contributed by atoms with Crippen LogP contribution >= 0.6 is 12.4 Å². The van der Waals surface area contributed by atoms with E-state index in [2.05, 4.69) is 10.6 Å². The number of benzene rings is 1. The van der Waals surface area contributed by atoms with Gasteiger partial charge in [0.25, 0.3) is 0 Å². The van der Waals surface area contributed by atoms with E-state index in [-0.39, 0.29) is 24.9 Å². The topological polar surface area (TPSA) is 59.6 Å². The van der Waals surface area contributed by atoms with Crippen molar-refractivity contribution in [2.45, 2.75) is 20.3 Å². The molecule has 0 aliphatic heterocycles. The summed E-state index contributed by atoms with van der Waals surface area (Å²) in [6, 6.07) is 5.75. The molecule has 0 heterocycles. The summed E-state index contributed by atoms with van der Waals surface area (Å²) in [5.74, 6) is 0.628. The minimum absolute atomic E-state index is 0. The highest BCUT2D eigenvalue weighted by atomic mass is 35.5. The number of anilines is 1. The molecule has 1 aromatic rings. The summed E-state index contributed by atoms with van der Waals surface area (Å²) >= 11 is 0. The lowest BCUT2D eigenvalue weighted by molar-refractivity contribution is -0.115. The van der Waals surface area contributed by atoms with E-state index < -0.39 is 0 Å². The van der Waals surface area contributed by atoms with E-state index in [4.69, 9.17) is 9.47 Å². The summed E-state index contributed by atoms with van der Waals surface area (Å²) in [6.45, 7) is 6.17. The van der Waals surface area contributed by atoms with Crippen molar-refractivity contribution in [3.05, 3.63) is 23.8 Å². The number of nitrogens with one attached hydrogen (secondary N) is 2. The van der Waals surface area contributed by atoms with Gasteiger partial charge in [-0.1, -0.05) is 13.0 Å². The Hall–Kier alpha value is -1.30. The van der Waals surface area contributed by atoms with Crippen LogP contribution in [0, 0.1) is 6.92 Å². The normalized spacial score (nSPS) is 9.86. The zero-order valence-electron chi connectivity index (χ0n) is 12.9. The first kappa shape index (κ1) is 19.7. The molecule has 0 saturated carbocycles. The van der Waals surface area contributed by atoms with Crippen LogP contribution in [0.3, 0.4) is 0 Å². The molecule has 5 nitrogen and oxygen atoms in total. The third-order valence-corrected chi connectivity index (χ3v) is 2.64. The predicted octanol–water partition coefficient (Wildman–Crippen LogP) is 2.38. The SMILES string of the molecule is CCCOc1cc(C)ccc1NC(=O)CNCCOC.Cl. The Kier molecular flexibility index (Phi) is 10.7. The van der Waals surface area contributed by atoms with Crippen molar-refractivity contribution >= 4 is 24.0 Å². The lowest BCUT2D eigenvalue weighted by Gasteiger charge is -2.13. The molecule has 0 aliphatic carbocycles. The van der Waals surface area contributed by atoms with Crippen LogP contribution in [0.1, 0.15) is 18.9 Å². The minimum atomic E-state index is -0.0914. The Morgan fingerprint density at radius 3 is 2.71 bits per heavy atom. The van der Waals surface area contributed by atoms with Crippen molar-refractivity contribution in [1.82, 2.24) is 5.32 Å². The molecule has 0 spiro atoms. The van der Waals surface area contributed by atoms with Crippen molar-refractivity contribution in [1.29, 1.82) is 0 Å². The summed E-state index contributed by atoms with van der Waals surface area (Å²) in [7, 11) is 1.63. The minimum Gasteiger partial charge on any atom is -0.491 e. The van der Waals surface area contributed by atoms with Crippen molar-refractivity contribution in [2.75, 3.05) is 38.7 Å². The van der Waals surface area contributed by atoms with Crippen LogP contribution in [0.4, 0.5) is 5.69 Å². The fourth-order valence-electron chi connectivity index (χ4n) is 1.63. The summed E-state index contributed by atoms with van der Waals surface area (Å²) in [6.07, 6.45) is 0.930. The summed E-state index contributed by atoms with van der Waals surface area (Å²) < 4.78 is 10.6. The molecule has 0 unspecified atom stereocenters. The van der Waals surface area contributed by atoms with Crippen molar-refractivity contribution in [3.8, 4) is 5.75 Å². The van der Waals surface area contributed by atoms with E-state index in [0.717, 1.165) is 17.7 Å². The molecular formula is C15H25ClN2O3. The Morgan fingerprint density at radius 1 is 1.29 bits per heavy atom. The monoisotopic (exact) mass is 316 g/mol. The molecule has 0 aliphatic rings. The number of carbonyl (C=O) groups excluding carboxylic acids is 1. The van der Waals surface area contributed by atoms with Gasteiger partial charge >= 0.3 is 0 Å². The van der Waals surface area contributed by atoms with E-state index in [1.807, 2.05) is 32.0 Å². The second-order valence-electron chi connectivity index (χ2n) is 4.57. The number of aryl methyl sites for hydroxylation is 1. The maximum Gasteiger partial charge on any atom is 0.238 e. The van der Waals surface area contributed by atoms with E-state index in [0.29, 0.717) is 25.4 Å². The lowest BCUT2D eigenvalue weighted by Crippen LogP contribution is -2.30. The molecule has 0 fully saturated rings. The van der Waals surface area contributed by atoms with Crippen LogP contribution in [0.5, 0.6) is 5.75 Å². The average molecular weight is 317 g/mol. The van der Waals surface area contributed by atoms with Gasteiger partial charge in [0.1, 0.15) is 5.75 Å². The molecule has 1 rings (SSSR count). The number of amides is 1. The largest absolute Gasteiger partial charge is 0.491 e. The molecule has 0 bridgehead atoms. The van der Waals surface area contributed by atoms with Gasteiger partial charge in [0.15, 0.2) is 0 Å². The van der Waals surface area contributed by atoms with Gasteiger partial charge in [0.2, 0.25) is 5.91 Å². The first-order chi connectivity index (χ1) is 9.67. The number of methoxy groups -OCH3 is 1. The second-order valence-corrected chi connectivity index (χ2v) is 4.57. The first-order valence-electron chi connectivity index (χ1n) is 6.90. The molecule has 120 valence electrons. The van der Waals surface area contributed by atoms with Gasteiger partial charge in [-0.25, -0.2) is 0 Å². The Balaban J connectivity index is 0.00000400. The number of carbonyl (C=O) groups is 1. The van der Waals surface area contributed by atoms with Gasteiger partial charge in [-0.2, -0.15) is 0 Å². The molecular weight excluding hydrogens is 292 g/mol. The average Bonchev–Trinajstić information content (AvgIpc) is 2.44. The number of ether oxygens (including phenoxy) is 2. The van der Waals surface area contributed by atoms with Crippen LogP contribution < -0.4 is 15.4 Å². The highest BCUT2D eigenvalue weighted by Crippen LogP contribution is 2.25. The van der Waals surface area contributed by atoms with Crippen molar-refractivity contribution in [2.24, 2.45) is 0 Å². The van der Waals surface area contributed by atoms with Crippen LogP contribution in [-0.2, 0) is 9.53 Å². The molecule has 21 heavy (non-hydrogen) atoms. The molecule has 1 amide bonds. The predicted molar refractivity (Wildman–Crippen MR) is 87.6 cm³/mol. The highest BCUT2D eigenvalue weighted by molar-refractivity contribution is 5.93. The third-order valence-electron chi connectivity index (χ3n) is 2.64. The fourth-order valence-corrected chi connectivity index (χ4v) is 1.63. The number of rotatable bonds is 9. The summed E-state index contributed by atoms with van der Waals surface area (Å²) in [5.41, 5.74) is 1.81. The van der Waals surface area contributed by atoms with Crippen molar-refractivity contribution < 1.29 is 14.3 Å². The lowest BCUT2D eigenvalue weighted by atomic mass is 10.2. The third kappa shape index (κ3) is 7.90. The Labute approximate surface area is 132 Å². The van der Waals surface area contributed by atoms with Gasteiger partial charge in [-0.05, 0) is 31.0 Å². The summed E-state index contributed by atoms with van der Waals surface area (Å²) in [4.78, 5) is 11.8. The van der Waals surface area contributed by atoms with Gasteiger partial charge in [0, 0.05) is 13.7 Å². The van der Waals surface area contributed by atoms with E-state index >= 15 is 0 Å². The Bertz CT molecular complexity index is 427. The quantitative estimate of drug-likeness (QED) is 0.687. The number of halogens is 1. The first-order valence-corrected chi connectivity index (χ1v) is 6.90. The standard InChI is InChI=1S/C15H24N2O3.ClH/c1-4-8-20-14-10-12(2)5-6-13(14)17-15(18)11-16-7-9-19-3;/h5-6,10,16H,4,7-9,11H2,1-3H3,(H,17,18);1H. The van der Waals surface area contributed by atoms with Gasteiger partial charge in [0.05, 0.1) is 25.4 Å². The molecule has 6 heteroatoms. The molecule has 1 aromatic carbocycles. The Morgan fingerprint density at radius 2 is 2.05 bits per heavy atom. The number of hydrogen-bond acceptors (Lipinski definition) is 4. The van der Waals surface area contributed by atoms with E-state index in [1.54, 1.807) is 7.11 Å². The molecule has 0 saturated heterocycles. The maximum absolute atomic E-state index is 11.8. The molecule has 2 N–H and O–H groups in total. The highest BCUT2D eigenvalue weighted by Gasteiger charge is 2.08. The van der Waals surface area contributed by atoms with Crippen LogP contribution in [0.2, 0.25) is 0 Å². The smallest absolute Gasteiger partial charge is 0.238 e. The number of hydrogen-bond donors (Lipinski definition) is 2. The van der Waals surface area contributed by atoms with Crippen molar-refractivity contribution in [3.63, 3.8) is 0 Å². The van der Waals surface area contributed by atoms with E-state index in [9.17, 15) is 4.79 Å². The zero-order valence-corrected chi connectivity index (χ0v) is 13.7. The molecule has 0 aromatic heterocycles. The van der Waals surface area contributed by atoms with Gasteiger partial charge < -0.3 is 20.1 Å². The molecule has 0 radical (unpaired) electrons.